The Morgan fingerprint density at radius 2 is 1.80 bits per heavy atom. The van der Waals surface area contributed by atoms with E-state index in [0.717, 1.165) is 31.2 Å². The van der Waals surface area contributed by atoms with Gasteiger partial charge in [0, 0.05) is 18.7 Å². The van der Waals surface area contributed by atoms with E-state index in [1.54, 1.807) is 29.2 Å². The third-order valence-corrected chi connectivity index (χ3v) is 5.93. The van der Waals surface area contributed by atoms with E-state index in [1.165, 1.54) is 6.42 Å². The lowest BCUT2D eigenvalue weighted by Gasteiger charge is -2.42. The summed E-state index contributed by atoms with van der Waals surface area (Å²) in [6, 6.07) is 5.66. The van der Waals surface area contributed by atoms with Crippen molar-refractivity contribution >= 4 is 23.8 Å². The van der Waals surface area contributed by atoms with Crippen molar-refractivity contribution in [3.63, 3.8) is 0 Å². The van der Waals surface area contributed by atoms with Crippen molar-refractivity contribution < 1.29 is 19.1 Å². The van der Waals surface area contributed by atoms with E-state index in [-0.39, 0.29) is 30.2 Å². The second-order valence-corrected chi connectivity index (χ2v) is 7.92. The lowest BCUT2D eigenvalue weighted by atomic mass is 9.83. The van der Waals surface area contributed by atoms with E-state index in [4.69, 9.17) is 16.9 Å². The van der Waals surface area contributed by atoms with Crippen molar-refractivity contribution in [3.05, 3.63) is 35.4 Å². The predicted octanol–water partition coefficient (Wildman–Crippen LogP) is 1.23. The van der Waals surface area contributed by atoms with Gasteiger partial charge in [-0.1, -0.05) is 31.4 Å². The van der Waals surface area contributed by atoms with E-state index in [0.29, 0.717) is 18.5 Å². The number of nitrogens with zero attached hydrogens (tertiary/aromatic N) is 1. The highest BCUT2D eigenvalue weighted by Gasteiger charge is 2.41. The third kappa shape index (κ3) is 5.15. The minimum atomic E-state index is -1.04. The lowest BCUT2D eigenvalue weighted by molar-refractivity contribution is -0.149. The maximum atomic E-state index is 12.7. The Morgan fingerprint density at radius 3 is 2.37 bits per heavy atom. The third-order valence-electron chi connectivity index (χ3n) is 5.93. The zero-order valence-corrected chi connectivity index (χ0v) is 16.9. The van der Waals surface area contributed by atoms with Crippen LogP contribution in [0.3, 0.4) is 0 Å². The molecular weight excluding hydrogens is 386 g/mol. The van der Waals surface area contributed by atoms with Gasteiger partial charge >= 0.3 is 6.09 Å². The first-order valence-corrected chi connectivity index (χ1v) is 10.4. The molecule has 1 aromatic carbocycles. The number of hydrogen-bond donors (Lipinski definition) is 4. The van der Waals surface area contributed by atoms with Gasteiger partial charge in [0.2, 0.25) is 17.7 Å². The number of amides is 3. The smallest absolute Gasteiger partial charge is 0.391 e. The zero-order valence-electron chi connectivity index (χ0n) is 16.9. The molecule has 162 valence electrons. The Balaban J connectivity index is 1.49. The molecule has 6 N–H and O–H groups in total. The molecule has 9 heteroatoms. The second kappa shape index (κ2) is 9.71. The van der Waals surface area contributed by atoms with Crippen LogP contribution in [0.4, 0.5) is 4.79 Å². The summed E-state index contributed by atoms with van der Waals surface area (Å²) in [7, 11) is 0. The highest BCUT2D eigenvalue weighted by Crippen LogP contribution is 2.28. The molecule has 1 saturated carbocycles. The Hall–Kier alpha value is -2.94. The quantitative estimate of drug-likeness (QED) is 0.407. The van der Waals surface area contributed by atoms with Crippen LogP contribution in [-0.4, -0.2) is 47.3 Å². The SMILES string of the molecule is N=C(OC(N)=O)c1ccc(CNC(=O)[C@@H]2CCN2C(=O)[C@H](N)C2CCCCC2)cc1. The molecule has 1 saturated heterocycles. The van der Waals surface area contributed by atoms with Crippen LogP contribution in [0.5, 0.6) is 0 Å². The van der Waals surface area contributed by atoms with Crippen molar-refractivity contribution in [2.45, 2.75) is 57.2 Å². The molecule has 1 aromatic rings. The number of hydrogen-bond acceptors (Lipinski definition) is 6. The van der Waals surface area contributed by atoms with Gasteiger partial charge in [0.1, 0.15) is 6.04 Å². The van der Waals surface area contributed by atoms with Gasteiger partial charge < -0.3 is 26.4 Å². The van der Waals surface area contributed by atoms with Gasteiger partial charge in [-0.15, -0.1) is 0 Å². The van der Waals surface area contributed by atoms with Crippen LogP contribution < -0.4 is 16.8 Å². The molecule has 1 aliphatic heterocycles. The van der Waals surface area contributed by atoms with Gasteiger partial charge in [-0.25, -0.2) is 4.79 Å². The van der Waals surface area contributed by atoms with Crippen LogP contribution in [0.2, 0.25) is 0 Å². The standard InChI is InChI=1S/C21H29N5O4/c22-17(14-4-2-1-3-5-14)20(28)26-11-10-16(26)19(27)25-12-13-6-8-15(9-7-13)18(23)30-21(24)29/h6-9,14,16-17,23H,1-5,10-12,22H2,(H2,24,29)(H,25,27)/t16-,17+/m0/s1. The normalized spacial score (nSPS) is 20.0. The fourth-order valence-corrected chi connectivity index (χ4v) is 4.05. The number of nitrogens with two attached hydrogens (primary N) is 2. The van der Waals surface area contributed by atoms with Crippen molar-refractivity contribution in [2.24, 2.45) is 17.4 Å². The molecule has 0 spiro atoms. The Bertz CT molecular complexity index is 804. The van der Waals surface area contributed by atoms with Crippen LogP contribution in [0.15, 0.2) is 24.3 Å². The van der Waals surface area contributed by atoms with E-state index in [1.807, 2.05) is 0 Å². The summed E-state index contributed by atoms with van der Waals surface area (Å²) in [6.07, 6.45) is 4.98. The number of carbonyl (C=O) groups is 3. The van der Waals surface area contributed by atoms with Gasteiger partial charge in [0.05, 0.1) is 6.04 Å². The van der Waals surface area contributed by atoms with Crippen molar-refractivity contribution in [2.75, 3.05) is 6.54 Å². The minimum absolute atomic E-state index is 0.120. The molecule has 30 heavy (non-hydrogen) atoms. The van der Waals surface area contributed by atoms with Crippen molar-refractivity contribution in [1.82, 2.24) is 10.2 Å². The number of likely N-dealkylation sites (tertiary alicyclic amines) is 1. The number of benzene rings is 1. The minimum Gasteiger partial charge on any atom is -0.391 e. The number of carbonyl (C=O) groups excluding carboxylic acids is 3. The monoisotopic (exact) mass is 415 g/mol. The maximum absolute atomic E-state index is 12.7. The van der Waals surface area contributed by atoms with Crippen molar-refractivity contribution in [3.8, 4) is 0 Å². The predicted molar refractivity (Wildman–Crippen MR) is 110 cm³/mol. The molecule has 2 aliphatic rings. The molecule has 1 aliphatic carbocycles. The molecule has 0 bridgehead atoms. The number of primary amides is 1. The molecule has 0 radical (unpaired) electrons. The summed E-state index contributed by atoms with van der Waals surface area (Å²) in [5, 5.41) is 10.5. The van der Waals surface area contributed by atoms with Gasteiger partial charge in [-0.05, 0) is 42.9 Å². The number of nitrogens with one attached hydrogen (secondary N) is 2. The molecule has 3 rings (SSSR count). The Kier molecular flexibility index (Phi) is 7.04. The van der Waals surface area contributed by atoms with E-state index in [9.17, 15) is 14.4 Å². The summed E-state index contributed by atoms with van der Waals surface area (Å²) >= 11 is 0. The average Bonchev–Trinajstić information content (AvgIpc) is 2.71. The first-order valence-electron chi connectivity index (χ1n) is 10.4. The summed E-state index contributed by atoms with van der Waals surface area (Å²) in [6.45, 7) is 0.852. The van der Waals surface area contributed by atoms with Gasteiger partial charge in [-0.3, -0.25) is 15.0 Å². The molecule has 0 aromatic heterocycles. The largest absolute Gasteiger partial charge is 0.411 e. The van der Waals surface area contributed by atoms with Crippen molar-refractivity contribution in [1.29, 1.82) is 5.41 Å². The van der Waals surface area contributed by atoms with Gasteiger partial charge in [-0.2, -0.15) is 0 Å². The molecule has 1 heterocycles. The molecule has 9 nitrogen and oxygen atoms in total. The van der Waals surface area contributed by atoms with Crippen LogP contribution in [-0.2, 0) is 20.9 Å². The Labute approximate surface area is 175 Å². The zero-order chi connectivity index (χ0) is 21.7. The van der Waals surface area contributed by atoms with Crippen LogP contribution in [0.1, 0.15) is 49.7 Å². The highest BCUT2D eigenvalue weighted by molar-refractivity contribution is 5.97. The second-order valence-electron chi connectivity index (χ2n) is 7.92. The summed E-state index contributed by atoms with van der Waals surface area (Å²) < 4.78 is 4.53. The summed E-state index contributed by atoms with van der Waals surface area (Å²) in [5.74, 6) is -0.438. The van der Waals surface area contributed by atoms with E-state index >= 15 is 0 Å². The van der Waals surface area contributed by atoms with Crippen LogP contribution in [0, 0.1) is 11.3 Å². The molecule has 3 amide bonds. The number of ether oxygens (including phenoxy) is 1. The van der Waals surface area contributed by atoms with Gasteiger partial charge in [0.25, 0.3) is 0 Å². The maximum Gasteiger partial charge on any atom is 0.411 e. The van der Waals surface area contributed by atoms with Gasteiger partial charge in [0.15, 0.2) is 0 Å². The first-order chi connectivity index (χ1) is 14.4. The summed E-state index contributed by atoms with van der Waals surface area (Å²) in [4.78, 5) is 37.6. The Morgan fingerprint density at radius 1 is 1.13 bits per heavy atom. The fraction of sp³-hybridized carbons (Fsp3) is 0.524. The molecule has 2 atom stereocenters. The molecule has 0 unspecified atom stereocenters. The molecular formula is C21H29N5O4. The fourth-order valence-electron chi connectivity index (χ4n) is 4.05. The van der Waals surface area contributed by atoms with E-state index < -0.39 is 18.2 Å². The summed E-state index contributed by atoms with van der Waals surface area (Å²) in [5.41, 5.74) is 12.3. The average molecular weight is 415 g/mol. The number of rotatable bonds is 6. The lowest BCUT2D eigenvalue weighted by Crippen LogP contribution is -2.62. The van der Waals surface area contributed by atoms with E-state index in [2.05, 4.69) is 10.1 Å². The highest BCUT2D eigenvalue weighted by atomic mass is 16.6. The topological polar surface area (TPSA) is 152 Å². The van der Waals surface area contributed by atoms with Crippen LogP contribution in [0.25, 0.3) is 0 Å². The first kappa shape index (κ1) is 21.8. The molecule has 2 fully saturated rings. The van der Waals surface area contributed by atoms with Crippen LogP contribution >= 0.6 is 0 Å².